The largest absolute Gasteiger partial charge is 0.368 e. The van der Waals surface area contributed by atoms with Crippen LogP contribution >= 0.6 is 22.7 Å². The molecule has 0 aliphatic carbocycles. The molecule has 0 aliphatic heterocycles. The summed E-state index contributed by atoms with van der Waals surface area (Å²) in [6, 6.07) is 7.72. The predicted octanol–water partition coefficient (Wildman–Crippen LogP) is 3.42. The maximum Gasteiger partial charge on any atom is 0.240 e. The van der Waals surface area contributed by atoms with Crippen LogP contribution in [0.3, 0.4) is 0 Å². The fraction of sp³-hybridized carbons (Fsp3) is 0.400. The lowest BCUT2D eigenvalue weighted by atomic mass is 9.95. The van der Waals surface area contributed by atoms with E-state index in [9.17, 15) is 4.79 Å². The molecule has 5 heteroatoms. The van der Waals surface area contributed by atoms with Gasteiger partial charge in [-0.3, -0.25) is 10.1 Å². The normalized spacial score (nSPS) is 13.3. The minimum atomic E-state index is -0.418. The first-order valence-electron chi connectivity index (χ1n) is 6.53. The Morgan fingerprint density at radius 2 is 2.10 bits per heavy atom. The SMILES string of the molecule is CC(C)(C)c1ccc(C(NCc2cccs2)C(N)=O)s1. The average molecular weight is 308 g/mol. The van der Waals surface area contributed by atoms with Crippen molar-refractivity contribution in [1.82, 2.24) is 5.32 Å². The Hall–Kier alpha value is -1.17. The van der Waals surface area contributed by atoms with Gasteiger partial charge in [0.2, 0.25) is 5.91 Å². The van der Waals surface area contributed by atoms with Crippen molar-refractivity contribution in [2.24, 2.45) is 5.73 Å². The van der Waals surface area contributed by atoms with Crippen LogP contribution in [0, 0.1) is 0 Å². The fourth-order valence-electron chi connectivity index (χ4n) is 1.87. The van der Waals surface area contributed by atoms with Gasteiger partial charge in [0.05, 0.1) is 0 Å². The maximum atomic E-state index is 11.7. The molecule has 1 amide bonds. The number of carbonyl (C=O) groups excluding carboxylic acids is 1. The monoisotopic (exact) mass is 308 g/mol. The summed E-state index contributed by atoms with van der Waals surface area (Å²) in [7, 11) is 0. The summed E-state index contributed by atoms with van der Waals surface area (Å²) in [5, 5.41) is 5.28. The summed E-state index contributed by atoms with van der Waals surface area (Å²) >= 11 is 3.32. The number of amides is 1. The summed E-state index contributed by atoms with van der Waals surface area (Å²) in [6.45, 7) is 7.16. The van der Waals surface area contributed by atoms with Crippen molar-refractivity contribution in [3.63, 3.8) is 0 Å². The van der Waals surface area contributed by atoms with Gasteiger partial charge in [0.15, 0.2) is 0 Å². The predicted molar refractivity (Wildman–Crippen MR) is 86.1 cm³/mol. The van der Waals surface area contributed by atoms with Crippen molar-refractivity contribution in [1.29, 1.82) is 0 Å². The standard InChI is InChI=1S/C15H20N2OS2/c1-15(2,3)12-7-6-11(20-12)13(14(16)18)17-9-10-5-4-8-19-10/h4-8,13,17H,9H2,1-3H3,(H2,16,18). The Bertz CT molecular complexity index is 567. The third kappa shape index (κ3) is 3.69. The average Bonchev–Trinajstić information content (AvgIpc) is 2.97. The molecule has 2 rings (SSSR count). The Morgan fingerprint density at radius 3 is 2.60 bits per heavy atom. The number of hydrogen-bond donors (Lipinski definition) is 2. The van der Waals surface area contributed by atoms with Gasteiger partial charge in [-0.2, -0.15) is 0 Å². The lowest BCUT2D eigenvalue weighted by molar-refractivity contribution is -0.120. The van der Waals surface area contributed by atoms with Crippen molar-refractivity contribution < 1.29 is 4.79 Å². The smallest absolute Gasteiger partial charge is 0.240 e. The highest BCUT2D eigenvalue weighted by molar-refractivity contribution is 7.12. The molecule has 20 heavy (non-hydrogen) atoms. The van der Waals surface area contributed by atoms with Crippen LogP contribution in [0.15, 0.2) is 29.6 Å². The third-order valence-electron chi connectivity index (χ3n) is 3.00. The highest BCUT2D eigenvalue weighted by Gasteiger charge is 2.22. The van der Waals surface area contributed by atoms with Gasteiger partial charge in [-0.25, -0.2) is 0 Å². The number of carbonyl (C=O) groups is 1. The highest BCUT2D eigenvalue weighted by Crippen LogP contribution is 2.32. The van der Waals surface area contributed by atoms with Crippen molar-refractivity contribution >= 4 is 28.6 Å². The molecule has 2 aromatic rings. The first kappa shape index (κ1) is 15.2. The zero-order valence-corrected chi connectivity index (χ0v) is 13.6. The first-order chi connectivity index (χ1) is 9.38. The molecule has 2 aromatic heterocycles. The lowest BCUT2D eigenvalue weighted by Gasteiger charge is -2.16. The summed E-state index contributed by atoms with van der Waals surface area (Å²) in [5.74, 6) is -0.330. The Morgan fingerprint density at radius 1 is 1.35 bits per heavy atom. The number of nitrogens with two attached hydrogens (primary N) is 1. The highest BCUT2D eigenvalue weighted by atomic mass is 32.1. The van der Waals surface area contributed by atoms with E-state index < -0.39 is 6.04 Å². The number of nitrogens with one attached hydrogen (secondary N) is 1. The third-order valence-corrected chi connectivity index (χ3v) is 5.45. The summed E-state index contributed by atoms with van der Waals surface area (Å²) in [4.78, 5) is 15.1. The van der Waals surface area contributed by atoms with E-state index >= 15 is 0 Å². The zero-order chi connectivity index (χ0) is 14.8. The molecule has 0 bridgehead atoms. The van der Waals surface area contributed by atoms with Crippen LogP contribution in [0.25, 0.3) is 0 Å². The fourth-order valence-corrected chi connectivity index (χ4v) is 3.67. The molecule has 0 aliphatic rings. The van der Waals surface area contributed by atoms with Gasteiger partial charge in [0.1, 0.15) is 6.04 Å². The molecule has 0 aromatic carbocycles. The Balaban J connectivity index is 2.12. The van der Waals surface area contributed by atoms with E-state index in [2.05, 4.69) is 32.2 Å². The van der Waals surface area contributed by atoms with Gasteiger partial charge in [-0.1, -0.05) is 26.8 Å². The molecule has 1 atom stereocenters. The van der Waals surface area contributed by atoms with E-state index in [-0.39, 0.29) is 11.3 Å². The van der Waals surface area contributed by atoms with E-state index in [1.165, 1.54) is 9.75 Å². The number of primary amides is 1. The van der Waals surface area contributed by atoms with E-state index in [0.717, 1.165) is 4.88 Å². The second-order valence-corrected chi connectivity index (χ2v) is 7.90. The molecule has 3 nitrogen and oxygen atoms in total. The topological polar surface area (TPSA) is 55.1 Å². The zero-order valence-electron chi connectivity index (χ0n) is 12.0. The molecule has 0 saturated carbocycles. The number of thiophene rings is 2. The minimum Gasteiger partial charge on any atom is -0.368 e. The van der Waals surface area contributed by atoms with Crippen LogP contribution in [0.2, 0.25) is 0 Å². The molecule has 0 saturated heterocycles. The second-order valence-electron chi connectivity index (χ2n) is 5.75. The van der Waals surface area contributed by atoms with Crippen LogP contribution < -0.4 is 11.1 Å². The second kappa shape index (κ2) is 6.08. The molecule has 0 radical (unpaired) electrons. The molecule has 0 fully saturated rings. The van der Waals surface area contributed by atoms with Gasteiger partial charge in [-0.05, 0) is 29.0 Å². The molecule has 0 spiro atoms. The van der Waals surface area contributed by atoms with Crippen LogP contribution in [-0.2, 0) is 16.8 Å². The first-order valence-corrected chi connectivity index (χ1v) is 8.23. The maximum absolute atomic E-state index is 11.7. The molecule has 108 valence electrons. The van der Waals surface area contributed by atoms with Crippen LogP contribution in [0.4, 0.5) is 0 Å². The van der Waals surface area contributed by atoms with E-state index in [1.54, 1.807) is 22.7 Å². The Kier molecular flexibility index (Phi) is 4.62. The van der Waals surface area contributed by atoms with Crippen molar-refractivity contribution in [3.8, 4) is 0 Å². The van der Waals surface area contributed by atoms with Crippen molar-refractivity contribution in [2.45, 2.75) is 38.8 Å². The van der Waals surface area contributed by atoms with Gasteiger partial charge >= 0.3 is 0 Å². The van der Waals surface area contributed by atoms with Crippen molar-refractivity contribution in [2.75, 3.05) is 0 Å². The summed E-state index contributed by atoms with van der Waals surface area (Å²) < 4.78 is 0. The van der Waals surface area contributed by atoms with Crippen LogP contribution in [0.1, 0.15) is 41.4 Å². The van der Waals surface area contributed by atoms with Gasteiger partial charge in [0.25, 0.3) is 0 Å². The van der Waals surface area contributed by atoms with E-state index in [4.69, 9.17) is 5.73 Å². The summed E-state index contributed by atoms with van der Waals surface area (Å²) in [6.07, 6.45) is 0. The van der Waals surface area contributed by atoms with E-state index in [1.807, 2.05) is 23.6 Å². The molecule has 3 N–H and O–H groups in total. The van der Waals surface area contributed by atoms with Crippen molar-refractivity contribution in [3.05, 3.63) is 44.3 Å². The van der Waals surface area contributed by atoms with E-state index in [0.29, 0.717) is 6.54 Å². The molecular weight excluding hydrogens is 288 g/mol. The van der Waals surface area contributed by atoms with Gasteiger partial charge in [0, 0.05) is 21.2 Å². The Labute approximate surface area is 127 Å². The number of hydrogen-bond acceptors (Lipinski definition) is 4. The lowest BCUT2D eigenvalue weighted by Crippen LogP contribution is -2.32. The van der Waals surface area contributed by atoms with Crippen LogP contribution in [-0.4, -0.2) is 5.91 Å². The van der Waals surface area contributed by atoms with Gasteiger partial charge in [-0.15, -0.1) is 22.7 Å². The molecule has 1 unspecified atom stereocenters. The summed E-state index contributed by atoms with van der Waals surface area (Å²) in [5.41, 5.74) is 5.63. The molecular formula is C15H20N2OS2. The number of rotatable bonds is 5. The minimum absolute atomic E-state index is 0.0961. The molecule has 2 heterocycles. The van der Waals surface area contributed by atoms with Crippen LogP contribution in [0.5, 0.6) is 0 Å². The quantitative estimate of drug-likeness (QED) is 0.889. The van der Waals surface area contributed by atoms with Gasteiger partial charge < -0.3 is 5.73 Å².